The third kappa shape index (κ3) is 3.36. The van der Waals surface area contributed by atoms with Gasteiger partial charge in [-0.15, -0.1) is 0 Å². The molecule has 2 aromatic rings. The van der Waals surface area contributed by atoms with Crippen molar-refractivity contribution in [3.8, 4) is 5.75 Å². The van der Waals surface area contributed by atoms with E-state index in [1.54, 1.807) is 6.07 Å². The first-order valence-electron chi connectivity index (χ1n) is 6.05. The second-order valence-electron chi connectivity index (χ2n) is 4.51. The SMILES string of the molecule is Cc1cc(OCc2ccnc(C(=O)O)c2)cc(C)c1Br. The van der Waals surface area contributed by atoms with Crippen molar-refractivity contribution in [2.75, 3.05) is 0 Å². The monoisotopic (exact) mass is 335 g/mol. The average Bonchev–Trinajstić information content (AvgIpc) is 2.42. The number of aromatic nitrogens is 1. The number of hydrogen-bond acceptors (Lipinski definition) is 3. The molecular weight excluding hydrogens is 322 g/mol. The number of carboxylic acids is 1. The van der Waals surface area contributed by atoms with E-state index in [1.165, 1.54) is 12.3 Å². The van der Waals surface area contributed by atoms with Gasteiger partial charge in [-0.05, 0) is 54.8 Å². The summed E-state index contributed by atoms with van der Waals surface area (Å²) in [4.78, 5) is 14.6. The van der Waals surface area contributed by atoms with E-state index in [0.29, 0.717) is 6.61 Å². The van der Waals surface area contributed by atoms with E-state index in [4.69, 9.17) is 9.84 Å². The highest BCUT2D eigenvalue weighted by atomic mass is 79.9. The van der Waals surface area contributed by atoms with Crippen LogP contribution in [0.5, 0.6) is 5.75 Å². The third-order valence-electron chi connectivity index (χ3n) is 2.86. The normalized spacial score (nSPS) is 10.3. The Morgan fingerprint density at radius 1 is 1.30 bits per heavy atom. The lowest BCUT2D eigenvalue weighted by atomic mass is 10.1. The maximum absolute atomic E-state index is 10.8. The lowest BCUT2D eigenvalue weighted by Gasteiger charge is -2.10. The number of carbonyl (C=O) groups is 1. The minimum atomic E-state index is -1.04. The molecule has 0 atom stereocenters. The standard InChI is InChI=1S/C15H14BrNO3/c1-9-5-12(6-10(2)14(9)16)20-8-11-3-4-17-13(7-11)15(18)19/h3-7H,8H2,1-2H3,(H,18,19). The molecule has 0 fully saturated rings. The quantitative estimate of drug-likeness (QED) is 0.924. The van der Waals surface area contributed by atoms with Crippen LogP contribution in [0.15, 0.2) is 34.9 Å². The summed E-state index contributed by atoms with van der Waals surface area (Å²) in [6.07, 6.45) is 1.47. The molecule has 1 N–H and O–H groups in total. The lowest BCUT2D eigenvalue weighted by molar-refractivity contribution is 0.0690. The molecule has 0 spiro atoms. The summed E-state index contributed by atoms with van der Waals surface area (Å²) in [7, 11) is 0. The molecule has 0 amide bonds. The minimum absolute atomic E-state index is 0.0225. The molecule has 0 aliphatic heterocycles. The smallest absolute Gasteiger partial charge is 0.354 e. The molecule has 1 aromatic carbocycles. The number of ether oxygens (including phenoxy) is 1. The van der Waals surface area contributed by atoms with E-state index >= 15 is 0 Å². The van der Waals surface area contributed by atoms with Crippen LogP contribution in [0.4, 0.5) is 0 Å². The van der Waals surface area contributed by atoms with Crippen molar-refractivity contribution >= 4 is 21.9 Å². The first kappa shape index (κ1) is 14.5. The van der Waals surface area contributed by atoms with Gasteiger partial charge in [0.05, 0.1) is 0 Å². The number of rotatable bonds is 4. The first-order chi connectivity index (χ1) is 9.47. The van der Waals surface area contributed by atoms with Crippen LogP contribution in [-0.4, -0.2) is 16.1 Å². The Kier molecular flexibility index (Phi) is 4.39. The Bertz CT molecular complexity index is 632. The van der Waals surface area contributed by atoms with Gasteiger partial charge in [0.25, 0.3) is 0 Å². The van der Waals surface area contributed by atoms with Gasteiger partial charge in [0.1, 0.15) is 18.1 Å². The molecule has 0 aliphatic carbocycles. The Morgan fingerprint density at radius 2 is 1.95 bits per heavy atom. The molecule has 0 saturated heterocycles. The molecule has 104 valence electrons. The largest absolute Gasteiger partial charge is 0.489 e. The van der Waals surface area contributed by atoms with Gasteiger partial charge in [0, 0.05) is 10.7 Å². The fraction of sp³-hybridized carbons (Fsp3) is 0.200. The highest BCUT2D eigenvalue weighted by molar-refractivity contribution is 9.10. The lowest BCUT2D eigenvalue weighted by Crippen LogP contribution is -2.03. The predicted molar refractivity (Wildman–Crippen MR) is 79.1 cm³/mol. The summed E-state index contributed by atoms with van der Waals surface area (Å²) in [5.41, 5.74) is 2.99. The number of aryl methyl sites for hydroxylation is 2. The fourth-order valence-corrected chi connectivity index (χ4v) is 2.07. The molecule has 0 unspecified atom stereocenters. The summed E-state index contributed by atoms with van der Waals surface area (Å²) in [6.45, 7) is 4.31. The first-order valence-corrected chi connectivity index (χ1v) is 6.84. The van der Waals surface area contributed by atoms with Crippen LogP contribution in [0, 0.1) is 13.8 Å². The molecule has 2 rings (SSSR count). The number of pyridine rings is 1. The number of nitrogens with zero attached hydrogens (tertiary/aromatic N) is 1. The van der Waals surface area contributed by atoms with Crippen LogP contribution in [0.1, 0.15) is 27.2 Å². The molecule has 4 nitrogen and oxygen atoms in total. The average molecular weight is 336 g/mol. The fourth-order valence-electron chi connectivity index (χ4n) is 1.84. The Balaban J connectivity index is 2.13. The zero-order valence-corrected chi connectivity index (χ0v) is 12.8. The van der Waals surface area contributed by atoms with Gasteiger partial charge in [0.2, 0.25) is 0 Å². The van der Waals surface area contributed by atoms with E-state index in [9.17, 15) is 4.79 Å². The van der Waals surface area contributed by atoms with Crippen molar-refractivity contribution in [2.24, 2.45) is 0 Å². The van der Waals surface area contributed by atoms with Crippen LogP contribution in [0.3, 0.4) is 0 Å². The summed E-state index contributed by atoms with van der Waals surface area (Å²) in [5.74, 6) is -0.279. The highest BCUT2D eigenvalue weighted by Crippen LogP contribution is 2.26. The second kappa shape index (κ2) is 6.05. The van der Waals surface area contributed by atoms with Gasteiger partial charge in [-0.2, -0.15) is 0 Å². The van der Waals surface area contributed by atoms with Crippen molar-refractivity contribution in [1.29, 1.82) is 0 Å². The van der Waals surface area contributed by atoms with Gasteiger partial charge in [-0.3, -0.25) is 0 Å². The van der Waals surface area contributed by atoms with E-state index in [2.05, 4.69) is 20.9 Å². The summed E-state index contributed by atoms with van der Waals surface area (Å²) in [5, 5.41) is 8.89. The maximum atomic E-state index is 10.8. The summed E-state index contributed by atoms with van der Waals surface area (Å²) >= 11 is 3.51. The molecule has 0 bridgehead atoms. The zero-order chi connectivity index (χ0) is 14.7. The van der Waals surface area contributed by atoms with Crippen molar-refractivity contribution < 1.29 is 14.6 Å². The van der Waals surface area contributed by atoms with Gasteiger partial charge in [-0.25, -0.2) is 9.78 Å². The Morgan fingerprint density at radius 3 is 2.55 bits per heavy atom. The van der Waals surface area contributed by atoms with Crippen molar-refractivity contribution in [3.05, 3.63) is 57.3 Å². The van der Waals surface area contributed by atoms with Gasteiger partial charge < -0.3 is 9.84 Å². The second-order valence-corrected chi connectivity index (χ2v) is 5.31. The van der Waals surface area contributed by atoms with Crippen LogP contribution in [0.2, 0.25) is 0 Å². The molecule has 1 heterocycles. The number of carboxylic acid groups (broad SMARTS) is 1. The molecule has 0 saturated carbocycles. The number of hydrogen-bond donors (Lipinski definition) is 1. The Hall–Kier alpha value is -1.88. The topological polar surface area (TPSA) is 59.4 Å². The van der Waals surface area contributed by atoms with Crippen LogP contribution < -0.4 is 4.74 Å². The number of halogens is 1. The maximum Gasteiger partial charge on any atom is 0.354 e. The van der Waals surface area contributed by atoms with E-state index in [1.807, 2.05) is 26.0 Å². The highest BCUT2D eigenvalue weighted by Gasteiger charge is 2.07. The summed E-state index contributed by atoms with van der Waals surface area (Å²) < 4.78 is 6.77. The molecule has 0 aliphatic rings. The number of aromatic carboxylic acids is 1. The molecule has 5 heteroatoms. The van der Waals surface area contributed by atoms with E-state index in [0.717, 1.165) is 26.9 Å². The van der Waals surface area contributed by atoms with E-state index in [-0.39, 0.29) is 5.69 Å². The molecule has 1 aromatic heterocycles. The van der Waals surface area contributed by atoms with E-state index < -0.39 is 5.97 Å². The van der Waals surface area contributed by atoms with Crippen molar-refractivity contribution in [3.63, 3.8) is 0 Å². The van der Waals surface area contributed by atoms with Crippen molar-refractivity contribution in [1.82, 2.24) is 4.98 Å². The van der Waals surface area contributed by atoms with Crippen LogP contribution in [-0.2, 0) is 6.61 Å². The predicted octanol–water partition coefficient (Wildman–Crippen LogP) is 3.74. The molecular formula is C15H14BrNO3. The van der Waals surface area contributed by atoms with Gasteiger partial charge in [0.15, 0.2) is 0 Å². The Labute approximate surface area is 125 Å². The zero-order valence-electron chi connectivity index (χ0n) is 11.2. The minimum Gasteiger partial charge on any atom is -0.489 e. The number of benzene rings is 1. The van der Waals surface area contributed by atoms with Crippen LogP contribution in [0.25, 0.3) is 0 Å². The van der Waals surface area contributed by atoms with Crippen molar-refractivity contribution in [2.45, 2.75) is 20.5 Å². The third-order valence-corrected chi connectivity index (χ3v) is 4.11. The molecule has 0 radical (unpaired) electrons. The van der Waals surface area contributed by atoms with Crippen LogP contribution >= 0.6 is 15.9 Å². The van der Waals surface area contributed by atoms with Gasteiger partial charge in [-0.1, -0.05) is 15.9 Å². The summed E-state index contributed by atoms with van der Waals surface area (Å²) in [6, 6.07) is 7.14. The molecule has 20 heavy (non-hydrogen) atoms. The van der Waals surface area contributed by atoms with Gasteiger partial charge >= 0.3 is 5.97 Å².